The number of aliphatic imine (C=N–C) groups is 1. The molecule has 0 radical (unpaired) electrons. The molecule has 2 rings (SSSR count). The monoisotopic (exact) mass is 446 g/mol. The van der Waals surface area contributed by atoms with E-state index in [1.54, 1.807) is 17.6 Å². The Labute approximate surface area is 158 Å². The van der Waals surface area contributed by atoms with Gasteiger partial charge in [-0.1, -0.05) is 6.08 Å². The van der Waals surface area contributed by atoms with Gasteiger partial charge in [0.2, 0.25) is 0 Å². The van der Waals surface area contributed by atoms with Gasteiger partial charge in [-0.2, -0.15) is 0 Å². The normalized spacial score (nSPS) is 11.0. The summed E-state index contributed by atoms with van der Waals surface area (Å²) >= 11 is 1.67. The lowest BCUT2D eigenvalue weighted by Gasteiger charge is -2.21. The van der Waals surface area contributed by atoms with Crippen LogP contribution < -0.4 is 5.32 Å². The molecular formula is C16H23IN4OS. The molecular weight excluding hydrogens is 423 g/mol. The molecule has 0 unspecified atom stereocenters. The molecule has 0 spiro atoms. The van der Waals surface area contributed by atoms with E-state index in [0.29, 0.717) is 13.1 Å². The van der Waals surface area contributed by atoms with E-state index < -0.39 is 0 Å². The van der Waals surface area contributed by atoms with Crippen LogP contribution in [0.4, 0.5) is 0 Å². The van der Waals surface area contributed by atoms with Gasteiger partial charge in [-0.15, -0.1) is 41.9 Å². The molecule has 0 aliphatic heterocycles. The van der Waals surface area contributed by atoms with Crippen molar-refractivity contribution in [1.82, 2.24) is 15.2 Å². The lowest BCUT2D eigenvalue weighted by Crippen LogP contribution is -2.38. The highest BCUT2D eigenvalue weighted by atomic mass is 127. The maximum Gasteiger partial charge on any atom is 0.194 e. The third kappa shape index (κ3) is 6.74. The van der Waals surface area contributed by atoms with Gasteiger partial charge in [0, 0.05) is 31.9 Å². The fourth-order valence-electron chi connectivity index (χ4n) is 2.00. The van der Waals surface area contributed by atoms with Crippen molar-refractivity contribution >= 4 is 41.3 Å². The number of hydrogen-bond donors (Lipinski definition) is 1. The lowest BCUT2D eigenvalue weighted by molar-refractivity contribution is 0.470. The van der Waals surface area contributed by atoms with E-state index >= 15 is 0 Å². The molecule has 2 aromatic rings. The second-order valence-electron chi connectivity index (χ2n) is 4.92. The smallest absolute Gasteiger partial charge is 0.194 e. The first kappa shape index (κ1) is 19.7. The Morgan fingerprint density at radius 1 is 1.57 bits per heavy atom. The predicted molar refractivity (Wildman–Crippen MR) is 107 cm³/mol. The van der Waals surface area contributed by atoms with Crippen molar-refractivity contribution in [3.05, 3.63) is 52.9 Å². The van der Waals surface area contributed by atoms with Crippen molar-refractivity contribution in [3.8, 4) is 0 Å². The Morgan fingerprint density at radius 3 is 3.00 bits per heavy atom. The standard InChI is InChI=1S/C16H22N4OS.HI/c1-4-8-17-16(18-9-7-15-6-5-10-21-15)20(3)11-14-12-22-13(2)19-14;/h4-6,10,12H,1,7-9,11H2,2-3H3,(H,17,18);1H. The van der Waals surface area contributed by atoms with Crippen molar-refractivity contribution in [1.29, 1.82) is 0 Å². The average Bonchev–Trinajstić information content (AvgIpc) is 3.14. The summed E-state index contributed by atoms with van der Waals surface area (Å²) in [6.07, 6.45) is 4.30. The second kappa shape index (κ2) is 10.4. The van der Waals surface area contributed by atoms with E-state index in [1.165, 1.54) is 0 Å². The van der Waals surface area contributed by atoms with Crippen LogP contribution in [-0.4, -0.2) is 36.0 Å². The van der Waals surface area contributed by atoms with Gasteiger partial charge in [-0.25, -0.2) is 4.98 Å². The van der Waals surface area contributed by atoms with Crippen LogP contribution in [0.25, 0.3) is 0 Å². The molecule has 23 heavy (non-hydrogen) atoms. The van der Waals surface area contributed by atoms with Crippen molar-refractivity contribution in [2.24, 2.45) is 4.99 Å². The molecule has 0 bridgehead atoms. The highest BCUT2D eigenvalue weighted by molar-refractivity contribution is 14.0. The minimum absolute atomic E-state index is 0. The van der Waals surface area contributed by atoms with E-state index in [-0.39, 0.29) is 24.0 Å². The number of hydrogen-bond acceptors (Lipinski definition) is 4. The maximum atomic E-state index is 5.33. The fourth-order valence-corrected chi connectivity index (χ4v) is 2.60. The van der Waals surface area contributed by atoms with Crippen LogP contribution in [0.3, 0.4) is 0 Å². The Morgan fingerprint density at radius 2 is 2.39 bits per heavy atom. The molecule has 0 aromatic carbocycles. The van der Waals surface area contributed by atoms with Crippen molar-refractivity contribution in [2.45, 2.75) is 19.9 Å². The number of aromatic nitrogens is 1. The van der Waals surface area contributed by atoms with Gasteiger partial charge < -0.3 is 14.6 Å². The molecule has 0 atom stereocenters. The van der Waals surface area contributed by atoms with Gasteiger partial charge in [-0.3, -0.25) is 4.99 Å². The first-order valence-corrected chi connectivity index (χ1v) is 8.10. The summed E-state index contributed by atoms with van der Waals surface area (Å²) in [5.41, 5.74) is 1.06. The third-order valence-electron chi connectivity index (χ3n) is 3.03. The van der Waals surface area contributed by atoms with Crippen LogP contribution in [0.15, 0.2) is 45.8 Å². The van der Waals surface area contributed by atoms with Gasteiger partial charge >= 0.3 is 0 Å². The van der Waals surface area contributed by atoms with Crippen molar-refractivity contribution in [3.63, 3.8) is 0 Å². The second-order valence-corrected chi connectivity index (χ2v) is 5.98. The summed E-state index contributed by atoms with van der Waals surface area (Å²) in [6, 6.07) is 3.86. The van der Waals surface area contributed by atoms with Crippen LogP contribution >= 0.6 is 35.3 Å². The highest BCUT2D eigenvalue weighted by Crippen LogP contribution is 2.10. The number of nitrogens with zero attached hydrogens (tertiary/aromatic N) is 3. The van der Waals surface area contributed by atoms with E-state index in [1.807, 2.05) is 32.2 Å². The zero-order valence-corrected chi connectivity index (χ0v) is 16.6. The minimum atomic E-state index is 0. The Hall–Kier alpha value is -1.35. The zero-order chi connectivity index (χ0) is 15.8. The van der Waals surface area contributed by atoms with Crippen molar-refractivity contribution < 1.29 is 4.42 Å². The summed E-state index contributed by atoms with van der Waals surface area (Å²) in [5, 5.41) is 6.44. The van der Waals surface area contributed by atoms with Crippen molar-refractivity contribution in [2.75, 3.05) is 20.1 Å². The zero-order valence-electron chi connectivity index (χ0n) is 13.5. The van der Waals surface area contributed by atoms with Gasteiger partial charge in [0.05, 0.1) is 23.5 Å². The molecule has 7 heteroatoms. The number of halogens is 1. The topological polar surface area (TPSA) is 53.7 Å². The lowest BCUT2D eigenvalue weighted by atomic mass is 10.3. The van der Waals surface area contributed by atoms with Gasteiger partial charge in [0.1, 0.15) is 5.76 Å². The highest BCUT2D eigenvalue weighted by Gasteiger charge is 2.08. The molecule has 0 fully saturated rings. The van der Waals surface area contributed by atoms with Crippen LogP contribution in [0, 0.1) is 6.92 Å². The summed E-state index contributed by atoms with van der Waals surface area (Å²) in [4.78, 5) is 11.2. The van der Waals surface area contributed by atoms with Gasteiger partial charge in [0.25, 0.3) is 0 Å². The minimum Gasteiger partial charge on any atom is -0.469 e. The van der Waals surface area contributed by atoms with E-state index in [0.717, 1.165) is 35.4 Å². The number of rotatable bonds is 7. The van der Waals surface area contributed by atoms with E-state index in [9.17, 15) is 0 Å². The number of thiazole rings is 1. The van der Waals surface area contributed by atoms with Crippen LogP contribution in [0.5, 0.6) is 0 Å². The van der Waals surface area contributed by atoms with E-state index in [4.69, 9.17) is 4.42 Å². The number of guanidine groups is 1. The largest absolute Gasteiger partial charge is 0.469 e. The molecule has 0 aliphatic rings. The third-order valence-corrected chi connectivity index (χ3v) is 3.85. The Bertz CT molecular complexity index is 609. The molecule has 126 valence electrons. The number of nitrogens with one attached hydrogen (secondary N) is 1. The first-order chi connectivity index (χ1) is 10.7. The Kier molecular flexibility index (Phi) is 8.93. The SMILES string of the molecule is C=CCNC(=NCCc1ccco1)N(C)Cc1csc(C)n1.I. The summed E-state index contributed by atoms with van der Waals surface area (Å²) in [7, 11) is 2.01. The number of furan rings is 1. The van der Waals surface area contributed by atoms with Gasteiger partial charge in [-0.05, 0) is 19.1 Å². The molecule has 0 saturated heterocycles. The molecule has 0 saturated carbocycles. The van der Waals surface area contributed by atoms with E-state index in [2.05, 4.69) is 32.2 Å². The summed E-state index contributed by atoms with van der Waals surface area (Å²) in [6.45, 7) is 7.84. The van der Waals surface area contributed by atoms with Gasteiger partial charge in [0.15, 0.2) is 5.96 Å². The molecule has 5 nitrogen and oxygen atoms in total. The molecule has 0 aliphatic carbocycles. The van der Waals surface area contributed by atoms with Crippen LogP contribution in [0.1, 0.15) is 16.5 Å². The molecule has 2 heterocycles. The molecule has 2 aromatic heterocycles. The first-order valence-electron chi connectivity index (χ1n) is 7.22. The Balaban J connectivity index is 0.00000264. The average molecular weight is 446 g/mol. The van der Waals surface area contributed by atoms with Crippen LogP contribution in [0.2, 0.25) is 0 Å². The predicted octanol–water partition coefficient (Wildman–Crippen LogP) is 3.47. The fraction of sp³-hybridized carbons (Fsp3) is 0.375. The molecule has 0 amide bonds. The molecule has 1 N–H and O–H groups in total. The number of aryl methyl sites for hydroxylation is 1. The quantitative estimate of drug-likeness (QED) is 0.306. The summed E-state index contributed by atoms with van der Waals surface area (Å²) in [5.74, 6) is 1.79. The van der Waals surface area contributed by atoms with Crippen LogP contribution in [-0.2, 0) is 13.0 Å². The summed E-state index contributed by atoms with van der Waals surface area (Å²) < 4.78 is 5.33. The maximum absolute atomic E-state index is 5.33.